The number of ether oxygens (including phenoxy) is 4. The lowest BCUT2D eigenvalue weighted by Gasteiger charge is -2.30. The van der Waals surface area contributed by atoms with Gasteiger partial charge >= 0.3 is 6.01 Å². The second kappa shape index (κ2) is 11.0. The quantitative estimate of drug-likeness (QED) is 0.268. The van der Waals surface area contributed by atoms with Crippen LogP contribution in [0.5, 0.6) is 17.6 Å². The number of pyridine rings is 1. The maximum Gasteiger partial charge on any atom is 0.319 e. The monoisotopic (exact) mass is 595 g/mol. The highest BCUT2D eigenvalue weighted by Gasteiger charge is 2.49. The van der Waals surface area contributed by atoms with Crippen molar-refractivity contribution in [1.82, 2.24) is 19.9 Å². The summed E-state index contributed by atoms with van der Waals surface area (Å²) in [7, 11) is 1.50. The van der Waals surface area contributed by atoms with Crippen LogP contribution in [0.4, 0.5) is 19.0 Å². The molecule has 9 nitrogen and oxygen atoms in total. The molecule has 43 heavy (non-hydrogen) atoms. The number of rotatable bonds is 8. The van der Waals surface area contributed by atoms with Crippen molar-refractivity contribution in [2.75, 3.05) is 52.1 Å². The average molecular weight is 596 g/mol. The smallest absolute Gasteiger partial charge is 0.319 e. The molecule has 0 saturated carbocycles. The van der Waals surface area contributed by atoms with E-state index in [-0.39, 0.29) is 48.5 Å². The molecule has 3 aliphatic heterocycles. The van der Waals surface area contributed by atoms with Crippen molar-refractivity contribution in [3.63, 3.8) is 0 Å². The molecule has 0 unspecified atom stereocenters. The third-order valence-corrected chi connectivity index (χ3v) is 8.69. The van der Waals surface area contributed by atoms with Gasteiger partial charge in [-0.2, -0.15) is 9.97 Å². The molecule has 7 rings (SSSR count). The van der Waals surface area contributed by atoms with Crippen LogP contribution in [0.25, 0.3) is 32.9 Å². The Morgan fingerprint density at radius 2 is 2.02 bits per heavy atom. The molecule has 0 radical (unpaired) electrons. The number of anilines is 1. The molecule has 0 aliphatic carbocycles. The van der Waals surface area contributed by atoms with Crippen LogP contribution in [0.1, 0.15) is 31.7 Å². The van der Waals surface area contributed by atoms with Gasteiger partial charge in [0, 0.05) is 25.6 Å². The number of hydrogen-bond donors (Lipinski definition) is 1. The summed E-state index contributed by atoms with van der Waals surface area (Å²) in [4.78, 5) is 15.8. The molecule has 0 amide bonds. The van der Waals surface area contributed by atoms with Gasteiger partial charge in [0.2, 0.25) is 5.88 Å². The molecule has 2 atom stereocenters. The minimum atomic E-state index is -0.908. The van der Waals surface area contributed by atoms with Gasteiger partial charge in [0.1, 0.15) is 53.4 Å². The fourth-order valence-electron chi connectivity index (χ4n) is 6.79. The number of halogens is 3. The SMILES string of the molecule is CCc1c(F)ccc2cc(OCOC)cc(-c3nc4c5c(nc(OC[C@@]67CCCN6C[C@H](F)C7)nc5c3F)NCCO4)c12. The number of aromatic nitrogens is 3. The standard InChI is InChI=1S/C31H32F3N5O4/c1-3-20-22(33)6-5-17-11-19(43-16-40-2)12-21(23(17)20)26-25(34)27-24-28(35-8-10-41-29(24)36-26)38-30(37-27)42-15-31-7-4-9-39(31)14-18(32)13-31/h5-6,11-12,18H,3-4,7-10,13-16H2,1-2H3,(H,35,37,38)/t18-,31+/m1/s1. The molecule has 3 aliphatic rings. The van der Waals surface area contributed by atoms with E-state index in [9.17, 15) is 4.39 Å². The molecule has 2 aromatic carbocycles. The van der Waals surface area contributed by atoms with Crippen LogP contribution in [0.3, 0.4) is 0 Å². The van der Waals surface area contributed by atoms with Crippen molar-refractivity contribution in [3.8, 4) is 28.9 Å². The molecule has 12 heteroatoms. The Kier molecular flexibility index (Phi) is 7.13. The van der Waals surface area contributed by atoms with Crippen molar-refractivity contribution in [3.05, 3.63) is 41.5 Å². The molecule has 1 N–H and O–H groups in total. The van der Waals surface area contributed by atoms with Gasteiger partial charge < -0.3 is 24.3 Å². The predicted octanol–water partition coefficient (Wildman–Crippen LogP) is 5.43. The van der Waals surface area contributed by atoms with Gasteiger partial charge in [-0.1, -0.05) is 13.0 Å². The van der Waals surface area contributed by atoms with Crippen LogP contribution in [-0.4, -0.2) is 78.3 Å². The van der Waals surface area contributed by atoms with Crippen LogP contribution < -0.4 is 19.5 Å². The lowest BCUT2D eigenvalue weighted by molar-refractivity contribution is 0.0512. The number of nitrogens with one attached hydrogen (secondary N) is 1. The van der Waals surface area contributed by atoms with Crippen LogP contribution in [0, 0.1) is 11.6 Å². The van der Waals surface area contributed by atoms with E-state index >= 15 is 8.78 Å². The Hall–Kier alpha value is -3.90. The highest BCUT2D eigenvalue weighted by atomic mass is 19.1. The van der Waals surface area contributed by atoms with Gasteiger partial charge in [-0.05, 0) is 60.3 Å². The topological polar surface area (TPSA) is 90.9 Å². The molecule has 2 fully saturated rings. The van der Waals surface area contributed by atoms with E-state index in [0.717, 1.165) is 19.4 Å². The number of hydrogen-bond acceptors (Lipinski definition) is 9. The first-order valence-corrected chi connectivity index (χ1v) is 14.6. The summed E-state index contributed by atoms with van der Waals surface area (Å²) in [6.45, 7) is 3.87. The number of aryl methyl sites for hydroxylation is 1. The highest BCUT2D eigenvalue weighted by Crippen LogP contribution is 2.43. The van der Waals surface area contributed by atoms with Crippen LogP contribution in [0.15, 0.2) is 24.3 Å². The van der Waals surface area contributed by atoms with Crippen molar-refractivity contribution in [2.24, 2.45) is 0 Å². The third-order valence-electron chi connectivity index (χ3n) is 8.69. The summed E-state index contributed by atoms with van der Waals surface area (Å²) in [5.74, 6) is -0.238. The van der Waals surface area contributed by atoms with Crippen LogP contribution in [-0.2, 0) is 11.2 Å². The highest BCUT2D eigenvalue weighted by molar-refractivity contribution is 6.03. The van der Waals surface area contributed by atoms with Crippen molar-refractivity contribution < 1.29 is 32.1 Å². The Morgan fingerprint density at radius 3 is 2.86 bits per heavy atom. The van der Waals surface area contributed by atoms with Crippen LogP contribution in [0.2, 0.25) is 0 Å². The summed E-state index contributed by atoms with van der Waals surface area (Å²) in [5, 5.41) is 4.63. The maximum absolute atomic E-state index is 16.7. The molecule has 226 valence electrons. The number of alkyl halides is 1. The lowest BCUT2D eigenvalue weighted by atomic mass is 9.94. The van der Waals surface area contributed by atoms with E-state index < -0.39 is 23.3 Å². The molecule has 2 aromatic heterocycles. The van der Waals surface area contributed by atoms with Crippen LogP contribution >= 0.6 is 0 Å². The van der Waals surface area contributed by atoms with Gasteiger partial charge in [0.15, 0.2) is 12.6 Å². The molecule has 0 spiro atoms. The zero-order chi connectivity index (χ0) is 29.7. The number of methoxy groups -OCH3 is 1. The number of benzene rings is 2. The van der Waals surface area contributed by atoms with E-state index in [4.69, 9.17) is 18.9 Å². The summed E-state index contributed by atoms with van der Waals surface area (Å²) in [6, 6.07) is 6.38. The van der Waals surface area contributed by atoms with E-state index in [0.29, 0.717) is 59.4 Å². The summed E-state index contributed by atoms with van der Waals surface area (Å²) in [5.41, 5.74) is 0.230. The van der Waals surface area contributed by atoms with E-state index in [2.05, 4.69) is 25.2 Å². The largest absolute Gasteiger partial charge is 0.475 e. The Morgan fingerprint density at radius 1 is 1.14 bits per heavy atom. The van der Waals surface area contributed by atoms with Gasteiger partial charge in [0.05, 0.1) is 12.1 Å². The minimum Gasteiger partial charge on any atom is -0.475 e. The summed E-state index contributed by atoms with van der Waals surface area (Å²) in [6.07, 6.45) is 1.64. The molecule has 4 aromatic rings. The summed E-state index contributed by atoms with van der Waals surface area (Å²) >= 11 is 0. The molecular weight excluding hydrogens is 563 g/mol. The lowest BCUT2D eigenvalue weighted by Crippen LogP contribution is -2.43. The second-order valence-corrected chi connectivity index (χ2v) is 11.3. The Balaban J connectivity index is 1.39. The second-order valence-electron chi connectivity index (χ2n) is 11.3. The zero-order valence-electron chi connectivity index (χ0n) is 24.0. The third kappa shape index (κ3) is 4.76. The molecular formula is C31H32F3N5O4. The Bertz CT molecular complexity index is 1720. The minimum absolute atomic E-state index is 0.0234. The van der Waals surface area contributed by atoms with E-state index in [1.54, 1.807) is 18.2 Å². The first-order valence-electron chi connectivity index (χ1n) is 14.6. The fraction of sp³-hybridized carbons (Fsp3) is 0.452. The van der Waals surface area contributed by atoms with Gasteiger partial charge in [0.25, 0.3) is 0 Å². The predicted molar refractivity (Wildman–Crippen MR) is 155 cm³/mol. The van der Waals surface area contributed by atoms with Crippen molar-refractivity contribution in [1.29, 1.82) is 0 Å². The van der Waals surface area contributed by atoms with Gasteiger partial charge in [-0.3, -0.25) is 4.90 Å². The average Bonchev–Trinajstić information content (AvgIpc) is 3.45. The Labute approximate surface area is 246 Å². The number of fused-ring (bicyclic) bond motifs is 2. The maximum atomic E-state index is 16.7. The summed E-state index contributed by atoms with van der Waals surface area (Å²) < 4.78 is 69.0. The fourth-order valence-corrected chi connectivity index (χ4v) is 6.79. The first kappa shape index (κ1) is 27.9. The van der Waals surface area contributed by atoms with Crippen molar-refractivity contribution >= 4 is 27.5 Å². The van der Waals surface area contributed by atoms with Gasteiger partial charge in [-0.15, -0.1) is 0 Å². The van der Waals surface area contributed by atoms with E-state index in [1.807, 2.05) is 6.92 Å². The van der Waals surface area contributed by atoms with Crippen molar-refractivity contribution in [2.45, 2.75) is 44.3 Å². The normalized spacial score (nSPS) is 21.5. The molecule has 0 bridgehead atoms. The zero-order valence-corrected chi connectivity index (χ0v) is 24.0. The number of nitrogens with zero attached hydrogens (tertiary/aromatic N) is 4. The molecule has 5 heterocycles. The van der Waals surface area contributed by atoms with E-state index in [1.165, 1.54) is 13.2 Å². The first-order chi connectivity index (χ1) is 20.9. The molecule has 2 saturated heterocycles. The van der Waals surface area contributed by atoms with Gasteiger partial charge in [-0.25, -0.2) is 18.2 Å².